The van der Waals surface area contributed by atoms with E-state index in [-0.39, 0.29) is 0 Å². The summed E-state index contributed by atoms with van der Waals surface area (Å²) in [5.74, 6) is 1.64. The van der Waals surface area contributed by atoms with Gasteiger partial charge in [-0.25, -0.2) is 0 Å². The Kier molecular flexibility index (Phi) is 3.08. The first-order valence-electron chi connectivity index (χ1n) is 5.04. The van der Waals surface area contributed by atoms with Gasteiger partial charge < -0.3 is 0 Å². The van der Waals surface area contributed by atoms with Crippen LogP contribution in [0.5, 0.6) is 0 Å². The first-order valence-corrected chi connectivity index (χ1v) is 5.67. The van der Waals surface area contributed by atoms with Crippen LogP contribution in [0.15, 0.2) is 24.5 Å². The van der Waals surface area contributed by atoms with Crippen molar-refractivity contribution in [1.82, 2.24) is 9.88 Å². The Bertz CT molecular complexity index is 289. The van der Waals surface area contributed by atoms with Gasteiger partial charge in [0.1, 0.15) is 0 Å². The lowest BCUT2D eigenvalue weighted by Gasteiger charge is -2.24. The van der Waals surface area contributed by atoms with E-state index in [2.05, 4.69) is 35.6 Å². The number of hydrogen-bond acceptors (Lipinski definition) is 3. The smallest absolute Gasteiger partial charge is 0.0396 e. The number of nitrogens with zero attached hydrogens (tertiary/aromatic N) is 2. The highest BCUT2D eigenvalue weighted by atomic mass is 32.1. The first-order chi connectivity index (χ1) is 6.83. The van der Waals surface area contributed by atoms with E-state index in [0.717, 1.165) is 5.75 Å². The fourth-order valence-corrected chi connectivity index (χ4v) is 2.68. The van der Waals surface area contributed by atoms with Crippen LogP contribution in [0.4, 0.5) is 0 Å². The average Bonchev–Trinajstić information content (AvgIpc) is 2.61. The monoisotopic (exact) mass is 208 g/mol. The zero-order valence-electron chi connectivity index (χ0n) is 8.43. The highest BCUT2D eigenvalue weighted by Crippen LogP contribution is 2.35. The molecule has 0 amide bonds. The molecule has 1 aliphatic heterocycles. The maximum atomic E-state index is 4.42. The number of thiol groups is 1. The summed E-state index contributed by atoms with van der Waals surface area (Å²) in [5.41, 5.74) is 1.33. The maximum Gasteiger partial charge on any atom is 0.0396 e. The van der Waals surface area contributed by atoms with E-state index in [1.54, 1.807) is 0 Å². The van der Waals surface area contributed by atoms with E-state index in [1.165, 1.54) is 18.5 Å². The number of pyridine rings is 1. The van der Waals surface area contributed by atoms with Gasteiger partial charge in [0.15, 0.2) is 0 Å². The third-order valence-corrected chi connectivity index (χ3v) is 3.50. The molecule has 0 aliphatic carbocycles. The summed E-state index contributed by atoms with van der Waals surface area (Å²) in [6, 6.07) is 4.69. The quantitative estimate of drug-likeness (QED) is 0.748. The second kappa shape index (κ2) is 4.32. The van der Waals surface area contributed by atoms with Gasteiger partial charge in [0.25, 0.3) is 0 Å². The molecule has 1 saturated heterocycles. The molecule has 0 bridgehead atoms. The van der Waals surface area contributed by atoms with Crippen LogP contribution >= 0.6 is 12.6 Å². The predicted molar refractivity (Wildman–Crippen MR) is 61.6 cm³/mol. The van der Waals surface area contributed by atoms with Gasteiger partial charge in [-0.3, -0.25) is 9.88 Å². The Hall–Kier alpha value is -0.540. The van der Waals surface area contributed by atoms with Gasteiger partial charge in [-0.2, -0.15) is 12.6 Å². The van der Waals surface area contributed by atoms with E-state index >= 15 is 0 Å². The van der Waals surface area contributed by atoms with Crippen molar-refractivity contribution in [2.75, 3.05) is 19.3 Å². The van der Waals surface area contributed by atoms with Crippen LogP contribution in [0, 0.1) is 5.92 Å². The van der Waals surface area contributed by atoms with Crippen LogP contribution in [0.25, 0.3) is 0 Å². The minimum Gasteiger partial charge on any atom is -0.299 e. The molecular weight excluding hydrogens is 192 g/mol. The first kappa shape index (κ1) is 9.99. The van der Waals surface area contributed by atoms with E-state index < -0.39 is 0 Å². The number of aromatic nitrogens is 1. The molecule has 2 rings (SSSR count). The summed E-state index contributed by atoms with van der Waals surface area (Å²) in [6.45, 7) is 1.17. The van der Waals surface area contributed by atoms with Crippen molar-refractivity contribution in [3.63, 3.8) is 0 Å². The van der Waals surface area contributed by atoms with E-state index in [4.69, 9.17) is 0 Å². The van der Waals surface area contributed by atoms with Crippen LogP contribution in [0.1, 0.15) is 18.0 Å². The molecule has 1 aromatic heterocycles. The average molecular weight is 208 g/mol. The molecule has 76 valence electrons. The molecule has 0 spiro atoms. The second-order valence-corrected chi connectivity index (χ2v) is 4.31. The van der Waals surface area contributed by atoms with Gasteiger partial charge in [-0.05, 0) is 43.3 Å². The second-order valence-electron chi connectivity index (χ2n) is 3.94. The van der Waals surface area contributed by atoms with Crippen molar-refractivity contribution in [2.24, 2.45) is 5.92 Å². The lowest BCUT2D eigenvalue weighted by Crippen LogP contribution is -2.21. The molecule has 1 aliphatic rings. The molecular formula is C11H16N2S. The fourth-order valence-electron chi connectivity index (χ4n) is 2.30. The summed E-state index contributed by atoms with van der Waals surface area (Å²) in [7, 11) is 2.18. The summed E-state index contributed by atoms with van der Waals surface area (Å²) in [5, 5.41) is 0. The number of hydrogen-bond donors (Lipinski definition) is 1. The zero-order valence-corrected chi connectivity index (χ0v) is 9.32. The SMILES string of the molecule is CN1CC[C@@H](CS)C1c1cccnc1. The van der Waals surface area contributed by atoms with Crippen molar-refractivity contribution in [3.05, 3.63) is 30.1 Å². The van der Waals surface area contributed by atoms with Gasteiger partial charge >= 0.3 is 0 Å². The molecule has 0 radical (unpaired) electrons. The van der Waals surface area contributed by atoms with Gasteiger partial charge in [0, 0.05) is 18.4 Å². The minimum atomic E-state index is 0.515. The molecule has 14 heavy (non-hydrogen) atoms. The zero-order chi connectivity index (χ0) is 9.97. The lowest BCUT2D eigenvalue weighted by molar-refractivity contribution is 0.287. The number of rotatable bonds is 2. The van der Waals surface area contributed by atoms with Gasteiger partial charge in [-0.15, -0.1) is 0 Å². The largest absolute Gasteiger partial charge is 0.299 e. The van der Waals surface area contributed by atoms with Crippen molar-refractivity contribution in [1.29, 1.82) is 0 Å². The third-order valence-electron chi connectivity index (χ3n) is 3.03. The van der Waals surface area contributed by atoms with E-state index in [0.29, 0.717) is 12.0 Å². The Morgan fingerprint density at radius 3 is 3.14 bits per heavy atom. The Balaban J connectivity index is 2.23. The standard InChI is InChI=1S/C11H16N2S/c1-13-6-4-10(8-14)11(13)9-3-2-5-12-7-9/h2-3,5,7,10-11,14H,4,6,8H2,1H3/t10-,11?/m0/s1. The van der Waals surface area contributed by atoms with Crippen molar-refractivity contribution in [2.45, 2.75) is 12.5 Å². The fraction of sp³-hybridized carbons (Fsp3) is 0.545. The van der Waals surface area contributed by atoms with E-state index in [1.807, 2.05) is 18.5 Å². The summed E-state index contributed by atoms with van der Waals surface area (Å²) < 4.78 is 0. The van der Waals surface area contributed by atoms with Crippen molar-refractivity contribution >= 4 is 12.6 Å². The minimum absolute atomic E-state index is 0.515. The molecule has 1 unspecified atom stereocenters. The van der Waals surface area contributed by atoms with Gasteiger partial charge in [0.05, 0.1) is 0 Å². The summed E-state index contributed by atoms with van der Waals surface area (Å²) in [4.78, 5) is 6.58. The van der Waals surface area contributed by atoms with E-state index in [9.17, 15) is 0 Å². The van der Waals surface area contributed by atoms with Gasteiger partial charge in [0.2, 0.25) is 0 Å². The molecule has 2 nitrogen and oxygen atoms in total. The maximum absolute atomic E-state index is 4.42. The molecule has 1 fully saturated rings. The molecule has 2 atom stereocenters. The molecule has 0 N–H and O–H groups in total. The highest BCUT2D eigenvalue weighted by molar-refractivity contribution is 7.80. The Morgan fingerprint density at radius 1 is 1.64 bits per heavy atom. The lowest BCUT2D eigenvalue weighted by atomic mass is 9.97. The normalized spacial score (nSPS) is 28.1. The van der Waals surface area contributed by atoms with Crippen molar-refractivity contribution < 1.29 is 0 Å². The molecule has 3 heteroatoms. The predicted octanol–water partition coefficient (Wildman–Crippen LogP) is 2.00. The Morgan fingerprint density at radius 2 is 2.50 bits per heavy atom. The topological polar surface area (TPSA) is 16.1 Å². The van der Waals surface area contributed by atoms with Crippen molar-refractivity contribution in [3.8, 4) is 0 Å². The van der Waals surface area contributed by atoms with Crippen LogP contribution in [-0.2, 0) is 0 Å². The summed E-state index contributed by atoms with van der Waals surface area (Å²) >= 11 is 4.42. The molecule has 1 aromatic rings. The highest BCUT2D eigenvalue weighted by Gasteiger charge is 2.31. The summed E-state index contributed by atoms with van der Waals surface area (Å²) in [6.07, 6.45) is 5.05. The third kappa shape index (κ3) is 1.79. The number of likely N-dealkylation sites (tertiary alicyclic amines) is 1. The van der Waals surface area contributed by atoms with Crippen LogP contribution in [0.2, 0.25) is 0 Å². The van der Waals surface area contributed by atoms with Crippen LogP contribution in [0.3, 0.4) is 0 Å². The van der Waals surface area contributed by atoms with Crippen LogP contribution < -0.4 is 0 Å². The Labute approximate surface area is 90.7 Å². The molecule has 2 heterocycles. The molecule has 0 aromatic carbocycles. The molecule has 0 saturated carbocycles. The van der Waals surface area contributed by atoms with Gasteiger partial charge in [-0.1, -0.05) is 6.07 Å². The van der Waals surface area contributed by atoms with Crippen LogP contribution in [-0.4, -0.2) is 29.2 Å².